The van der Waals surface area contributed by atoms with E-state index in [2.05, 4.69) is 10.3 Å². The Bertz CT molecular complexity index is 864. The summed E-state index contributed by atoms with van der Waals surface area (Å²) in [4.78, 5) is 42.6. The zero-order chi connectivity index (χ0) is 18.1. The highest BCUT2D eigenvalue weighted by molar-refractivity contribution is 6.22. The van der Waals surface area contributed by atoms with Crippen LogP contribution in [0.5, 0.6) is 0 Å². The zero-order valence-corrected chi connectivity index (χ0v) is 14.0. The van der Waals surface area contributed by atoms with E-state index in [0.717, 1.165) is 0 Å². The number of nitrogens with zero attached hydrogens (tertiary/aromatic N) is 2. The predicted octanol–water partition coefficient (Wildman–Crippen LogP) is 2.79. The molecule has 6 nitrogen and oxygen atoms in total. The molecule has 0 spiro atoms. The molecule has 26 heavy (non-hydrogen) atoms. The lowest BCUT2D eigenvalue weighted by Gasteiger charge is -2.15. The van der Waals surface area contributed by atoms with E-state index < -0.39 is 0 Å². The molecule has 2 heterocycles. The molecule has 1 saturated heterocycles. The third-order valence-corrected chi connectivity index (χ3v) is 4.83. The first-order valence-electron chi connectivity index (χ1n) is 8.49. The van der Waals surface area contributed by atoms with E-state index in [9.17, 15) is 14.4 Å². The molecule has 2 atom stereocenters. The second kappa shape index (κ2) is 6.55. The lowest BCUT2D eigenvalue weighted by atomic mass is 9.85. The van der Waals surface area contributed by atoms with E-state index in [-0.39, 0.29) is 29.6 Å². The van der Waals surface area contributed by atoms with Gasteiger partial charge in [0.05, 0.1) is 17.5 Å². The average Bonchev–Trinajstić information content (AvgIpc) is 2.94. The van der Waals surface area contributed by atoms with Crippen molar-refractivity contribution in [1.29, 1.82) is 0 Å². The fourth-order valence-corrected chi connectivity index (χ4v) is 3.46. The Kier molecular flexibility index (Phi) is 4.08. The van der Waals surface area contributed by atoms with Gasteiger partial charge >= 0.3 is 0 Å². The number of pyridine rings is 1. The molecule has 1 N–H and O–H groups in total. The molecular weight excluding hydrogens is 330 g/mol. The Hall–Kier alpha value is -3.28. The van der Waals surface area contributed by atoms with Gasteiger partial charge < -0.3 is 5.32 Å². The van der Waals surface area contributed by atoms with E-state index >= 15 is 0 Å². The SMILES string of the molecule is O=C(Nc1ccncc1)c1ccc(N2C(=O)C3CC=CCC3C2=O)cc1. The maximum atomic E-state index is 12.6. The molecule has 130 valence electrons. The number of amides is 3. The van der Waals surface area contributed by atoms with E-state index in [1.807, 2.05) is 12.2 Å². The smallest absolute Gasteiger partial charge is 0.255 e. The van der Waals surface area contributed by atoms with Crippen molar-refractivity contribution < 1.29 is 14.4 Å². The van der Waals surface area contributed by atoms with Gasteiger partial charge in [0, 0.05) is 23.6 Å². The maximum absolute atomic E-state index is 12.6. The van der Waals surface area contributed by atoms with Gasteiger partial charge in [0.15, 0.2) is 0 Å². The lowest BCUT2D eigenvalue weighted by molar-refractivity contribution is -0.122. The Morgan fingerprint density at radius 2 is 1.50 bits per heavy atom. The second-order valence-corrected chi connectivity index (χ2v) is 6.40. The van der Waals surface area contributed by atoms with Gasteiger partial charge in [-0.2, -0.15) is 0 Å². The van der Waals surface area contributed by atoms with Crippen LogP contribution >= 0.6 is 0 Å². The summed E-state index contributed by atoms with van der Waals surface area (Å²) in [5.74, 6) is -1.10. The van der Waals surface area contributed by atoms with Crippen LogP contribution < -0.4 is 10.2 Å². The molecule has 6 heteroatoms. The number of allylic oxidation sites excluding steroid dienone is 2. The van der Waals surface area contributed by atoms with Crippen LogP contribution in [0.4, 0.5) is 11.4 Å². The van der Waals surface area contributed by atoms with Gasteiger partial charge in [-0.1, -0.05) is 12.2 Å². The maximum Gasteiger partial charge on any atom is 0.255 e. The number of nitrogens with one attached hydrogen (secondary N) is 1. The van der Waals surface area contributed by atoms with Gasteiger partial charge in [0.2, 0.25) is 11.8 Å². The monoisotopic (exact) mass is 347 g/mol. The Labute approximate surface area is 150 Å². The largest absolute Gasteiger partial charge is 0.322 e. The Balaban J connectivity index is 1.52. The first kappa shape index (κ1) is 16.2. The van der Waals surface area contributed by atoms with E-state index in [4.69, 9.17) is 0 Å². The molecule has 1 aliphatic carbocycles. The lowest BCUT2D eigenvalue weighted by Crippen LogP contribution is -2.30. The number of hydrogen-bond acceptors (Lipinski definition) is 4. The number of aromatic nitrogens is 1. The number of anilines is 2. The number of hydrogen-bond donors (Lipinski definition) is 1. The third kappa shape index (κ3) is 2.79. The fraction of sp³-hybridized carbons (Fsp3) is 0.200. The van der Waals surface area contributed by atoms with Crippen molar-refractivity contribution in [2.75, 3.05) is 10.2 Å². The van der Waals surface area contributed by atoms with Crippen molar-refractivity contribution in [2.24, 2.45) is 11.8 Å². The minimum Gasteiger partial charge on any atom is -0.322 e. The standard InChI is InChI=1S/C20H17N3O3/c24-18(22-14-9-11-21-12-10-14)13-5-7-15(8-6-13)23-19(25)16-3-1-2-4-17(16)20(23)26/h1-2,5-12,16-17H,3-4H2,(H,21,22,24). The molecule has 1 aliphatic heterocycles. The summed E-state index contributed by atoms with van der Waals surface area (Å²) >= 11 is 0. The number of imide groups is 1. The number of carbonyl (C=O) groups is 3. The number of carbonyl (C=O) groups excluding carboxylic acids is 3. The molecule has 1 fully saturated rings. The summed E-state index contributed by atoms with van der Waals surface area (Å²) < 4.78 is 0. The predicted molar refractivity (Wildman–Crippen MR) is 96.5 cm³/mol. The molecule has 4 rings (SSSR count). The van der Waals surface area contributed by atoms with Gasteiger partial charge in [-0.25, -0.2) is 0 Å². The summed E-state index contributed by atoms with van der Waals surface area (Å²) in [5, 5.41) is 2.77. The van der Waals surface area contributed by atoms with Crippen LogP contribution in [0.25, 0.3) is 0 Å². The molecule has 2 aliphatic rings. The molecule has 2 unspecified atom stereocenters. The van der Waals surface area contributed by atoms with E-state index in [1.54, 1.807) is 48.8 Å². The summed E-state index contributed by atoms with van der Waals surface area (Å²) in [5.41, 5.74) is 1.61. The Morgan fingerprint density at radius 3 is 2.08 bits per heavy atom. The molecule has 1 aromatic carbocycles. The van der Waals surface area contributed by atoms with Crippen molar-refractivity contribution in [3.8, 4) is 0 Å². The highest BCUT2D eigenvalue weighted by Crippen LogP contribution is 2.37. The number of benzene rings is 1. The van der Waals surface area contributed by atoms with Gasteiger partial charge in [-0.05, 0) is 49.2 Å². The summed E-state index contributed by atoms with van der Waals surface area (Å²) in [6.45, 7) is 0. The van der Waals surface area contributed by atoms with Crippen molar-refractivity contribution in [1.82, 2.24) is 4.98 Å². The third-order valence-electron chi connectivity index (χ3n) is 4.83. The molecule has 0 radical (unpaired) electrons. The Morgan fingerprint density at radius 1 is 0.923 bits per heavy atom. The van der Waals surface area contributed by atoms with Gasteiger partial charge in [-0.3, -0.25) is 24.3 Å². The van der Waals surface area contributed by atoms with Crippen LogP contribution in [-0.2, 0) is 9.59 Å². The number of rotatable bonds is 3. The van der Waals surface area contributed by atoms with Crippen LogP contribution in [0.2, 0.25) is 0 Å². The van der Waals surface area contributed by atoms with Gasteiger partial charge in [-0.15, -0.1) is 0 Å². The van der Waals surface area contributed by atoms with Crippen LogP contribution in [0.3, 0.4) is 0 Å². The summed E-state index contributed by atoms with van der Waals surface area (Å²) in [6, 6.07) is 9.91. The van der Waals surface area contributed by atoms with Crippen LogP contribution in [0.15, 0.2) is 60.9 Å². The van der Waals surface area contributed by atoms with Gasteiger partial charge in [0.1, 0.15) is 0 Å². The zero-order valence-electron chi connectivity index (χ0n) is 14.0. The van der Waals surface area contributed by atoms with Crippen LogP contribution in [0.1, 0.15) is 23.2 Å². The first-order valence-corrected chi connectivity index (χ1v) is 8.49. The molecular formula is C20H17N3O3. The van der Waals surface area contributed by atoms with E-state index in [1.165, 1.54) is 4.90 Å². The topological polar surface area (TPSA) is 79.4 Å². The van der Waals surface area contributed by atoms with Crippen LogP contribution in [0, 0.1) is 11.8 Å². The van der Waals surface area contributed by atoms with E-state index in [0.29, 0.717) is 29.8 Å². The van der Waals surface area contributed by atoms with Crippen LogP contribution in [-0.4, -0.2) is 22.7 Å². The molecule has 2 aromatic rings. The highest BCUT2D eigenvalue weighted by Gasteiger charge is 2.47. The molecule has 0 saturated carbocycles. The normalized spacial score (nSPS) is 21.6. The average molecular weight is 347 g/mol. The van der Waals surface area contributed by atoms with Gasteiger partial charge in [0.25, 0.3) is 5.91 Å². The number of fused-ring (bicyclic) bond motifs is 1. The minimum absolute atomic E-state index is 0.154. The van der Waals surface area contributed by atoms with Crippen molar-refractivity contribution >= 4 is 29.1 Å². The summed E-state index contributed by atoms with van der Waals surface area (Å²) in [7, 11) is 0. The highest BCUT2D eigenvalue weighted by atomic mass is 16.2. The van der Waals surface area contributed by atoms with Crippen molar-refractivity contribution in [2.45, 2.75) is 12.8 Å². The molecule has 0 bridgehead atoms. The molecule has 1 aromatic heterocycles. The first-order chi connectivity index (χ1) is 12.6. The summed E-state index contributed by atoms with van der Waals surface area (Å²) in [6.07, 6.45) is 8.33. The quantitative estimate of drug-likeness (QED) is 0.684. The minimum atomic E-state index is -0.264. The van der Waals surface area contributed by atoms with Crippen molar-refractivity contribution in [3.05, 3.63) is 66.5 Å². The second-order valence-electron chi connectivity index (χ2n) is 6.40. The van der Waals surface area contributed by atoms with Crippen molar-refractivity contribution in [3.63, 3.8) is 0 Å². The molecule has 3 amide bonds. The fourth-order valence-electron chi connectivity index (χ4n) is 3.46.